The van der Waals surface area contributed by atoms with Crippen LogP contribution in [0.4, 0.5) is 0 Å². The maximum Gasteiger partial charge on any atom is 0.229 e. The summed E-state index contributed by atoms with van der Waals surface area (Å²) >= 11 is 0. The summed E-state index contributed by atoms with van der Waals surface area (Å²) in [6.45, 7) is 0.197. The SMILES string of the molecule is NC(=O)CC1=COCO1. The van der Waals surface area contributed by atoms with Crippen LogP contribution in [0.5, 0.6) is 0 Å². The lowest BCUT2D eigenvalue weighted by atomic mass is 10.4. The largest absolute Gasteiger partial charge is 0.462 e. The fourth-order valence-corrected chi connectivity index (χ4v) is 0.535. The predicted molar refractivity (Wildman–Crippen MR) is 28.9 cm³/mol. The molecular formula is C5H7NO3. The molecular weight excluding hydrogens is 122 g/mol. The summed E-state index contributed by atoms with van der Waals surface area (Å²) in [4.78, 5) is 10.2. The van der Waals surface area contributed by atoms with E-state index < -0.39 is 5.91 Å². The summed E-state index contributed by atoms with van der Waals surface area (Å²) in [7, 11) is 0. The second kappa shape index (κ2) is 2.39. The third-order valence-corrected chi connectivity index (χ3v) is 0.876. The van der Waals surface area contributed by atoms with E-state index in [2.05, 4.69) is 4.74 Å². The second-order valence-electron chi connectivity index (χ2n) is 1.66. The van der Waals surface area contributed by atoms with Crippen LogP contribution in [0.15, 0.2) is 12.0 Å². The lowest BCUT2D eigenvalue weighted by molar-refractivity contribution is -0.118. The number of hydrogen-bond donors (Lipinski definition) is 1. The Bertz CT molecular complexity index is 152. The Hall–Kier alpha value is -1.19. The fraction of sp³-hybridized carbons (Fsp3) is 0.400. The van der Waals surface area contributed by atoms with Gasteiger partial charge < -0.3 is 15.2 Å². The molecule has 0 atom stereocenters. The van der Waals surface area contributed by atoms with Gasteiger partial charge in [0, 0.05) is 0 Å². The first kappa shape index (κ1) is 5.94. The summed E-state index contributed by atoms with van der Waals surface area (Å²) in [5.74, 6) is 0.0919. The van der Waals surface area contributed by atoms with Crippen LogP contribution in [-0.2, 0) is 14.3 Å². The molecule has 1 aliphatic rings. The maximum atomic E-state index is 10.2. The van der Waals surface area contributed by atoms with Gasteiger partial charge in [-0.1, -0.05) is 0 Å². The van der Waals surface area contributed by atoms with Gasteiger partial charge in [-0.2, -0.15) is 0 Å². The number of nitrogens with two attached hydrogens (primary N) is 1. The van der Waals surface area contributed by atoms with E-state index in [9.17, 15) is 4.79 Å². The average molecular weight is 129 g/mol. The first-order chi connectivity index (χ1) is 4.29. The molecule has 1 rings (SSSR count). The summed E-state index contributed by atoms with van der Waals surface area (Å²) in [6, 6.07) is 0. The summed E-state index contributed by atoms with van der Waals surface area (Å²) in [5, 5.41) is 0. The smallest absolute Gasteiger partial charge is 0.229 e. The Balaban J connectivity index is 2.35. The molecule has 9 heavy (non-hydrogen) atoms. The Morgan fingerprint density at radius 1 is 1.89 bits per heavy atom. The van der Waals surface area contributed by atoms with Gasteiger partial charge in [0.2, 0.25) is 12.7 Å². The predicted octanol–water partition coefficient (Wildman–Crippen LogP) is -0.293. The van der Waals surface area contributed by atoms with Crippen molar-refractivity contribution in [3.05, 3.63) is 12.0 Å². The third kappa shape index (κ3) is 1.64. The van der Waals surface area contributed by atoms with Gasteiger partial charge in [0.15, 0.2) is 0 Å². The first-order valence-corrected chi connectivity index (χ1v) is 2.51. The summed E-state index contributed by atoms with van der Waals surface area (Å²) < 4.78 is 9.47. The third-order valence-electron chi connectivity index (χ3n) is 0.876. The molecule has 0 saturated heterocycles. The standard InChI is InChI=1S/C5H7NO3/c6-5(7)1-4-2-8-3-9-4/h2H,1,3H2,(H2,6,7). The molecule has 4 nitrogen and oxygen atoms in total. The van der Waals surface area contributed by atoms with Crippen molar-refractivity contribution in [3.63, 3.8) is 0 Å². The highest BCUT2D eigenvalue weighted by molar-refractivity contribution is 5.75. The van der Waals surface area contributed by atoms with Crippen molar-refractivity contribution in [2.24, 2.45) is 5.73 Å². The lowest BCUT2D eigenvalue weighted by Crippen LogP contribution is -2.11. The normalized spacial score (nSPS) is 15.8. The van der Waals surface area contributed by atoms with Crippen molar-refractivity contribution in [2.45, 2.75) is 6.42 Å². The number of ether oxygens (including phenoxy) is 2. The van der Waals surface area contributed by atoms with Gasteiger partial charge in [-0.15, -0.1) is 0 Å². The number of carbonyl (C=O) groups excluding carboxylic acids is 1. The van der Waals surface area contributed by atoms with Gasteiger partial charge in [0.25, 0.3) is 0 Å². The topological polar surface area (TPSA) is 61.6 Å². The lowest BCUT2D eigenvalue weighted by Gasteiger charge is -1.94. The Labute approximate surface area is 52.2 Å². The van der Waals surface area contributed by atoms with Gasteiger partial charge in [-0.3, -0.25) is 4.79 Å². The highest BCUT2D eigenvalue weighted by Crippen LogP contribution is 2.08. The molecule has 0 aromatic rings. The van der Waals surface area contributed by atoms with E-state index in [-0.39, 0.29) is 13.2 Å². The molecule has 1 heterocycles. The van der Waals surface area contributed by atoms with Crippen LogP contribution in [0.3, 0.4) is 0 Å². The van der Waals surface area contributed by atoms with Crippen LogP contribution in [0.25, 0.3) is 0 Å². The molecule has 0 saturated carbocycles. The van der Waals surface area contributed by atoms with E-state index in [0.717, 1.165) is 0 Å². The summed E-state index contributed by atoms with van der Waals surface area (Å²) in [5.41, 5.74) is 4.86. The van der Waals surface area contributed by atoms with Crippen molar-refractivity contribution < 1.29 is 14.3 Å². The minimum atomic E-state index is -0.410. The summed E-state index contributed by atoms with van der Waals surface area (Å²) in [6.07, 6.45) is 1.52. The number of primary amides is 1. The van der Waals surface area contributed by atoms with E-state index in [0.29, 0.717) is 5.76 Å². The van der Waals surface area contributed by atoms with Crippen LogP contribution in [-0.4, -0.2) is 12.7 Å². The van der Waals surface area contributed by atoms with Crippen molar-refractivity contribution in [2.75, 3.05) is 6.79 Å². The number of rotatable bonds is 2. The Morgan fingerprint density at radius 3 is 3.11 bits per heavy atom. The van der Waals surface area contributed by atoms with Crippen LogP contribution in [0.1, 0.15) is 6.42 Å². The van der Waals surface area contributed by atoms with Crippen molar-refractivity contribution in [1.82, 2.24) is 0 Å². The zero-order chi connectivity index (χ0) is 6.69. The average Bonchev–Trinajstić information content (AvgIpc) is 2.15. The molecule has 0 unspecified atom stereocenters. The molecule has 1 amide bonds. The zero-order valence-electron chi connectivity index (χ0n) is 4.79. The van der Waals surface area contributed by atoms with E-state index in [1.807, 2.05) is 0 Å². The van der Waals surface area contributed by atoms with Gasteiger partial charge in [-0.05, 0) is 0 Å². The maximum absolute atomic E-state index is 10.2. The molecule has 4 heteroatoms. The molecule has 0 aromatic heterocycles. The second-order valence-corrected chi connectivity index (χ2v) is 1.66. The molecule has 0 bridgehead atoms. The van der Waals surface area contributed by atoms with Gasteiger partial charge in [0.05, 0.1) is 6.42 Å². The quantitative estimate of drug-likeness (QED) is 0.557. The molecule has 0 aromatic carbocycles. The zero-order valence-corrected chi connectivity index (χ0v) is 4.79. The van der Waals surface area contributed by atoms with E-state index >= 15 is 0 Å². The molecule has 0 aliphatic carbocycles. The van der Waals surface area contributed by atoms with Crippen molar-refractivity contribution in [3.8, 4) is 0 Å². The minimum Gasteiger partial charge on any atom is -0.462 e. The molecule has 50 valence electrons. The van der Waals surface area contributed by atoms with Crippen LogP contribution in [0, 0.1) is 0 Å². The van der Waals surface area contributed by atoms with Crippen molar-refractivity contribution in [1.29, 1.82) is 0 Å². The molecule has 0 fully saturated rings. The highest BCUT2D eigenvalue weighted by Gasteiger charge is 2.07. The van der Waals surface area contributed by atoms with Crippen molar-refractivity contribution >= 4 is 5.91 Å². The van der Waals surface area contributed by atoms with E-state index in [4.69, 9.17) is 10.5 Å². The molecule has 0 spiro atoms. The van der Waals surface area contributed by atoms with Gasteiger partial charge >= 0.3 is 0 Å². The molecule has 1 aliphatic heterocycles. The van der Waals surface area contributed by atoms with Crippen LogP contribution < -0.4 is 5.73 Å². The van der Waals surface area contributed by atoms with E-state index in [1.165, 1.54) is 6.26 Å². The Kier molecular flexibility index (Phi) is 1.58. The molecule has 0 radical (unpaired) electrons. The number of amides is 1. The van der Waals surface area contributed by atoms with Crippen LogP contribution in [0.2, 0.25) is 0 Å². The first-order valence-electron chi connectivity index (χ1n) is 2.51. The number of hydrogen-bond acceptors (Lipinski definition) is 3. The fourth-order valence-electron chi connectivity index (χ4n) is 0.535. The van der Waals surface area contributed by atoms with E-state index in [1.54, 1.807) is 0 Å². The van der Waals surface area contributed by atoms with Crippen LogP contribution >= 0.6 is 0 Å². The van der Waals surface area contributed by atoms with Gasteiger partial charge in [-0.25, -0.2) is 0 Å². The van der Waals surface area contributed by atoms with Gasteiger partial charge in [0.1, 0.15) is 12.0 Å². The monoisotopic (exact) mass is 129 g/mol. The Morgan fingerprint density at radius 2 is 2.67 bits per heavy atom. The highest BCUT2D eigenvalue weighted by atomic mass is 16.7. The molecule has 2 N–H and O–H groups in total. The minimum absolute atomic E-state index is 0.125. The number of carbonyl (C=O) groups is 1.